The summed E-state index contributed by atoms with van der Waals surface area (Å²) in [6.45, 7) is 2.09. The number of pyridine rings is 1. The zero-order valence-electron chi connectivity index (χ0n) is 11.2. The van der Waals surface area contributed by atoms with Crippen molar-refractivity contribution in [3.63, 3.8) is 0 Å². The van der Waals surface area contributed by atoms with Gasteiger partial charge in [0.25, 0.3) is 0 Å². The van der Waals surface area contributed by atoms with Gasteiger partial charge in [-0.1, -0.05) is 0 Å². The molecule has 2 aliphatic heterocycles. The Morgan fingerprint density at radius 1 is 1.65 bits per heavy atom. The molecule has 7 heteroatoms. The number of nitrogens with zero attached hydrogens (tertiary/aromatic N) is 3. The minimum absolute atomic E-state index is 0.0614. The number of hydrogen-bond donors (Lipinski definition) is 2. The fraction of sp³-hybridized carbons (Fsp3) is 0.462. The number of aliphatic imine (C=N–C) groups is 1. The van der Waals surface area contributed by atoms with Crippen molar-refractivity contribution in [1.29, 1.82) is 0 Å². The van der Waals surface area contributed by atoms with Crippen molar-refractivity contribution >= 4 is 17.6 Å². The Labute approximate surface area is 116 Å². The zero-order valence-corrected chi connectivity index (χ0v) is 11.2. The number of hydrogen-bond acceptors (Lipinski definition) is 5. The number of aromatic nitrogens is 1. The van der Waals surface area contributed by atoms with Crippen molar-refractivity contribution in [1.82, 2.24) is 9.88 Å². The normalized spacial score (nSPS) is 19.4. The predicted octanol–water partition coefficient (Wildman–Crippen LogP) is 1.85. The van der Waals surface area contributed by atoms with Gasteiger partial charge in [0.05, 0.1) is 24.6 Å². The Kier molecular flexibility index (Phi) is 4.16. The van der Waals surface area contributed by atoms with Crippen molar-refractivity contribution in [3.8, 4) is 0 Å². The molecule has 0 saturated carbocycles. The number of rotatable bonds is 1. The highest BCUT2D eigenvalue weighted by atomic mass is 19.1. The molecule has 6 nitrogen and oxygen atoms in total. The van der Waals surface area contributed by atoms with E-state index >= 15 is 0 Å². The average molecular weight is 280 g/mol. The molecule has 1 atom stereocenters. The van der Waals surface area contributed by atoms with E-state index in [1.54, 1.807) is 6.07 Å². The number of carboxylic acids is 1. The maximum absolute atomic E-state index is 10.9. The molecule has 2 aliphatic rings. The quantitative estimate of drug-likeness (QED) is 0.819. The molecule has 1 fully saturated rings. The van der Waals surface area contributed by atoms with Gasteiger partial charge >= 0.3 is 5.97 Å². The minimum atomic E-state index is -1.01. The van der Waals surface area contributed by atoms with E-state index in [1.807, 2.05) is 4.90 Å². The third-order valence-electron chi connectivity index (χ3n) is 3.27. The van der Waals surface area contributed by atoms with Gasteiger partial charge in [0.1, 0.15) is 5.69 Å². The third-order valence-corrected chi connectivity index (χ3v) is 3.27. The third kappa shape index (κ3) is 2.56. The van der Waals surface area contributed by atoms with Gasteiger partial charge < -0.3 is 15.7 Å². The fourth-order valence-corrected chi connectivity index (χ4v) is 2.49. The summed E-state index contributed by atoms with van der Waals surface area (Å²) >= 11 is 0. The van der Waals surface area contributed by atoms with Gasteiger partial charge in [0, 0.05) is 12.1 Å². The summed E-state index contributed by atoms with van der Waals surface area (Å²) < 4.78 is 10.3. The Hall–Kier alpha value is -2.18. The van der Waals surface area contributed by atoms with Crippen molar-refractivity contribution in [2.45, 2.75) is 25.8 Å². The number of halogens is 1. The van der Waals surface area contributed by atoms with Gasteiger partial charge in [-0.25, -0.2) is 14.8 Å². The van der Waals surface area contributed by atoms with Crippen LogP contribution in [0.15, 0.2) is 17.3 Å². The molecule has 0 bridgehead atoms. The Balaban J connectivity index is 0.000000452. The van der Waals surface area contributed by atoms with Gasteiger partial charge in [-0.3, -0.25) is 4.39 Å². The average Bonchev–Trinajstić information content (AvgIpc) is 2.89. The molecule has 1 aromatic rings. The standard InChI is InChI=1S/C11H12N4O2.C2H5F/c12-11-14-8-5-13-7(10(16)17)4-6(8)9-2-1-3-15(9)11;1-2-3/h4-5,9H,1-3H2,(H2,12,14)(H,16,17);2H2,1H3. The van der Waals surface area contributed by atoms with Crippen LogP contribution in [-0.2, 0) is 0 Å². The number of alkyl halides is 1. The van der Waals surface area contributed by atoms with Crippen LogP contribution in [0.5, 0.6) is 0 Å². The second-order valence-electron chi connectivity index (χ2n) is 4.52. The van der Waals surface area contributed by atoms with Crippen LogP contribution in [-0.4, -0.2) is 40.1 Å². The van der Waals surface area contributed by atoms with Crippen molar-refractivity contribution < 1.29 is 14.3 Å². The van der Waals surface area contributed by atoms with Crippen molar-refractivity contribution in [2.24, 2.45) is 10.7 Å². The molecule has 0 amide bonds. The van der Waals surface area contributed by atoms with Crippen LogP contribution in [0.2, 0.25) is 0 Å². The number of carbonyl (C=O) groups is 1. The summed E-state index contributed by atoms with van der Waals surface area (Å²) in [7, 11) is 0. The molecule has 1 aromatic heterocycles. The minimum Gasteiger partial charge on any atom is -0.477 e. The van der Waals surface area contributed by atoms with Crippen LogP contribution in [0, 0.1) is 0 Å². The number of nitrogens with two attached hydrogens (primary N) is 1. The van der Waals surface area contributed by atoms with Crippen LogP contribution >= 0.6 is 0 Å². The van der Waals surface area contributed by atoms with E-state index in [4.69, 9.17) is 10.8 Å². The smallest absolute Gasteiger partial charge is 0.354 e. The molecule has 1 saturated heterocycles. The molecule has 3 N–H and O–H groups in total. The van der Waals surface area contributed by atoms with E-state index < -0.39 is 5.97 Å². The van der Waals surface area contributed by atoms with Crippen LogP contribution in [0.25, 0.3) is 0 Å². The fourth-order valence-electron chi connectivity index (χ4n) is 2.49. The Bertz CT molecular complexity index is 547. The first-order valence-electron chi connectivity index (χ1n) is 6.48. The van der Waals surface area contributed by atoms with Gasteiger partial charge in [-0.05, 0) is 25.8 Å². The molecule has 108 valence electrons. The highest BCUT2D eigenvalue weighted by molar-refractivity contribution is 5.88. The van der Waals surface area contributed by atoms with Gasteiger partial charge in [-0.15, -0.1) is 0 Å². The highest BCUT2D eigenvalue weighted by Crippen LogP contribution is 2.40. The second kappa shape index (κ2) is 5.85. The SMILES string of the molecule is CCF.NC1=Nc2cnc(C(=O)O)cc2C2CCCN12. The first-order chi connectivity index (χ1) is 9.58. The van der Waals surface area contributed by atoms with Crippen LogP contribution in [0.4, 0.5) is 10.1 Å². The summed E-state index contributed by atoms with van der Waals surface area (Å²) in [5.74, 6) is -0.509. The van der Waals surface area contributed by atoms with Crippen LogP contribution in [0.3, 0.4) is 0 Å². The topological polar surface area (TPSA) is 91.8 Å². The molecule has 3 heterocycles. The van der Waals surface area contributed by atoms with E-state index in [2.05, 4.69) is 9.98 Å². The summed E-state index contributed by atoms with van der Waals surface area (Å²) in [6, 6.07) is 1.76. The lowest BCUT2D eigenvalue weighted by molar-refractivity contribution is 0.0690. The molecule has 0 radical (unpaired) electrons. The Morgan fingerprint density at radius 2 is 2.35 bits per heavy atom. The lowest BCUT2D eigenvalue weighted by Gasteiger charge is -2.30. The van der Waals surface area contributed by atoms with Crippen molar-refractivity contribution in [3.05, 3.63) is 23.5 Å². The first kappa shape index (κ1) is 14.2. The van der Waals surface area contributed by atoms with E-state index in [0.29, 0.717) is 11.6 Å². The Morgan fingerprint density at radius 3 is 3.00 bits per heavy atom. The first-order valence-corrected chi connectivity index (χ1v) is 6.48. The number of carboxylic acid groups (broad SMARTS) is 1. The highest BCUT2D eigenvalue weighted by Gasteiger charge is 2.33. The maximum atomic E-state index is 10.9. The van der Waals surface area contributed by atoms with E-state index in [-0.39, 0.29) is 18.4 Å². The van der Waals surface area contributed by atoms with Crippen LogP contribution in [0.1, 0.15) is 41.9 Å². The van der Waals surface area contributed by atoms with E-state index in [1.165, 1.54) is 13.1 Å². The molecule has 3 rings (SSSR count). The number of aromatic carboxylic acids is 1. The summed E-state index contributed by atoms with van der Waals surface area (Å²) in [6.07, 6.45) is 3.51. The lowest BCUT2D eigenvalue weighted by atomic mass is 10.0. The number of guanidine groups is 1. The van der Waals surface area contributed by atoms with Gasteiger partial charge in [0.2, 0.25) is 0 Å². The number of fused-ring (bicyclic) bond motifs is 3. The van der Waals surface area contributed by atoms with Crippen LogP contribution < -0.4 is 5.73 Å². The summed E-state index contributed by atoms with van der Waals surface area (Å²) in [5, 5.41) is 8.94. The molecule has 1 unspecified atom stereocenters. The molecular weight excluding hydrogens is 263 g/mol. The molecular formula is C13H17FN4O2. The largest absolute Gasteiger partial charge is 0.477 e. The monoisotopic (exact) mass is 280 g/mol. The summed E-state index contributed by atoms with van der Waals surface area (Å²) in [5.41, 5.74) is 7.54. The molecule has 20 heavy (non-hydrogen) atoms. The zero-order chi connectivity index (χ0) is 14.7. The molecule has 0 aliphatic carbocycles. The van der Waals surface area contributed by atoms with Gasteiger partial charge in [-0.2, -0.15) is 0 Å². The lowest BCUT2D eigenvalue weighted by Crippen LogP contribution is -2.38. The summed E-state index contributed by atoms with van der Waals surface area (Å²) in [4.78, 5) is 21.0. The van der Waals surface area contributed by atoms with E-state index in [9.17, 15) is 9.18 Å². The van der Waals surface area contributed by atoms with Gasteiger partial charge in [0.15, 0.2) is 5.96 Å². The molecule has 0 spiro atoms. The van der Waals surface area contributed by atoms with E-state index in [0.717, 1.165) is 24.9 Å². The maximum Gasteiger partial charge on any atom is 0.354 e. The second-order valence-corrected chi connectivity index (χ2v) is 4.52. The molecule has 0 aromatic carbocycles. The van der Waals surface area contributed by atoms with Crippen molar-refractivity contribution in [2.75, 3.05) is 13.2 Å². The predicted molar refractivity (Wildman–Crippen MR) is 72.8 cm³/mol.